The van der Waals surface area contributed by atoms with Crippen LogP contribution in [0.15, 0.2) is 57.3 Å². The van der Waals surface area contributed by atoms with Gasteiger partial charge in [-0.25, -0.2) is 9.97 Å². The lowest BCUT2D eigenvalue weighted by molar-refractivity contribution is 1.03. The predicted molar refractivity (Wildman–Crippen MR) is 60.3 cm³/mol. The van der Waals surface area contributed by atoms with Crippen LogP contribution in [0.2, 0.25) is 0 Å². The Bertz CT molecular complexity index is 419. The van der Waals surface area contributed by atoms with Gasteiger partial charge in [-0.15, -0.1) is 0 Å². The molecule has 1 aromatic carbocycles. The molecule has 2 nitrogen and oxygen atoms in total. The quantitative estimate of drug-likeness (QED) is 0.780. The Labute approximate surface area is 94.9 Å². The fraction of sp³-hybridized carbons (Fsp3) is 0. The molecule has 0 saturated heterocycles. The van der Waals surface area contributed by atoms with E-state index in [4.69, 9.17) is 0 Å². The molecule has 2 rings (SSSR count). The van der Waals surface area contributed by atoms with Crippen molar-refractivity contribution in [1.82, 2.24) is 9.97 Å². The first kappa shape index (κ1) is 9.68. The summed E-state index contributed by atoms with van der Waals surface area (Å²) in [4.78, 5) is 9.31. The zero-order chi connectivity index (χ0) is 9.80. The minimum absolute atomic E-state index is 0.811. The molecule has 0 fully saturated rings. The number of halogens is 1. The van der Waals surface area contributed by atoms with Gasteiger partial charge >= 0.3 is 0 Å². The van der Waals surface area contributed by atoms with Crippen molar-refractivity contribution < 1.29 is 0 Å². The maximum atomic E-state index is 4.16. The highest BCUT2D eigenvalue weighted by Gasteiger charge is 1.98. The second kappa shape index (κ2) is 4.57. The van der Waals surface area contributed by atoms with Crippen LogP contribution >= 0.6 is 27.7 Å². The molecular formula is C10H7BrN2S. The molecule has 14 heavy (non-hydrogen) atoms. The standard InChI is InChI=1S/C10H7BrN2S/c11-9-6-10(13-7-12-9)14-8-4-2-1-3-5-8/h1-7H. The third-order valence-corrected chi connectivity index (χ3v) is 2.95. The summed E-state index contributed by atoms with van der Waals surface area (Å²) in [7, 11) is 0. The smallest absolute Gasteiger partial charge is 0.118 e. The molecule has 70 valence electrons. The number of nitrogens with zero attached hydrogens (tertiary/aromatic N) is 2. The fourth-order valence-electron chi connectivity index (χ4n) is 0.982. The van der Waals surface area contributed by atoms with Gasteiger partial charge in [0.2, 0.25) is 0 Å². The largest absolute Gasteiger partial charge is 0.230 e. The molecule has 0 aliphatic rings. The van der Waals surface area contributed by atoms with Gasteiger partial charge in [-0.2, -0.15) is 0 Å². The average molecular weight is 267 g/mol. The van der Waals surface area contributed by atoms with Crippen LogP contribution in [0.25, 0.3) is 0 Å². The van der Waals surface area contributed by atoms with Gasteiger partial charge in [-0.1, -0.05) is 30.0 Å². The second-order valence-corrected chi connectivity index (χ2v) is 4.50. The lowest BCUT2D eigenvalue weighted by Crippen LogP contribution is -1.82. The van der Waals surface area contributed by atoms with Crippen LogP contribution in [0.4, 0.5) is 0 Å². The van der Waals surface area contributed by atoms with Crippen LogP contribution in [0.3, 0.4) is 0 Å². The molecule has 2 aromatic rings. The lowest BCUT2D eigenvalue weighted by atomic mass is 10.4. The maximum Gasteiger partial charge on any atom is 0.118 e. The number of aromatic nitrogens is 2. The van der Waals surface area contributed by atoms with Crippen LogP contribution in [0, 0.1) is 0 Å². The monoisotopic (exact) mass is 266 g/mol. The van der Waals surface area contributed by atoms with Gasteiger partial charge in [0, 0.05) is 11.0 Å². The summed E-state index contributed by atoms with van der Waals surface area (Å²) in [5, 5.41) is 0.943. The Hall–Kier alpha value is -0.870. The van der Waals surface area contributed by atoms with Crippen molar-refractivity contribution in [2.45, 2.75) is 9.92 Å². The summed E-state index contributed by atoms with van der Waals surface area (Å²) in [5.41, 5.74) is 0. The maximum absolute atomic E-state index is 4.16. The lowest BCUT2D eigenvalue weighted by Gasteiger charge is -1.99. The molecule has 0 aliphatic carbocycles. The van der Waals surface area contributed by atoms with Gasteiger partial charge in [0.25, 0.3) is 0 Å². The zero-order valence-corrected chi connectivity index (χ0v) is 9.62. The van der Waals surface area contributed by atoms with Crippen LogP contribution in [-0.2, 0) is 0 Å². The van der Waals surface area contributed by atoms with Crippen molar-refractivity contribution in [3.8, 4) is 0 Å². The zero-order valence-electron chi connectivity index (χ0n) is 7.22. The number of rotatable bonds is 2. The Morgan fingerprint density at radius 3 is 2.57 bits per heavy atom. The van der Waals surface area contributed by atoms with Crippen molar-refractivity contribution in [3.63, 3.8) is 0 Å². The van der Waals surface area contributed by atoms with E-state index in [9.17, 15) is 0 Å². The van der Waals surface area contributed by atoms with Crippen molar-refractivity contribution in [2.75, 3.05) is 0 Å². The summed E-state index contributed by atoms with van der Waals surface area (Å²) >= 11 is 4.93. The highest BCUT2D eigenvalue weighted by Crippen LogP contribution is 2.26. The van der Waals surface area contributed by atoms with E-state index < -0.39 is 0 Å². The van der Waals surface area contributed by atoms with E-state index >= 15 is 0 Å². The average Bonchev–Trinajstić information content (AvgIpc) is 2.19. The van der Waals surface area contributed by atoms with Crippen molar-refractivity contribution in [3.05, 3.63) is 47.3 Å². The Balaban J connectivity index is 2.19. The first-order valence-corrected chi connectivity index (χ1v) is 5.66. The third kappa shape index (κ3) is 2.56. The Kier molecular flexibility index (Phi) is 3.16. The molecule has 0 saturated carbocycles. The molecule has 0 unspecified atom stereocenters. The van der Waals surface area contributed by atoms with Crippen molar-refractivity contribution in [1.29, 1.82) is 0 Å². The van der Waals surface area contributed by atoms with Crippen LogP contribution in [-0.4, -0.2) is 9.97 Å². The van der Waals surface area contributed by atoms with E-state index in [-0.39, 0.29) is 0 Å². The molecule has 4 heteroatoms. The van der Waals surface area contributed by atoms with Crippen LogP contribution in [0.1, 0.15) is 0 Å². The predicted octanol–water partition coefficient (Wildman–Crippen LogP) is 3.39. The van der Waals surface area contributed by atoms with Gasteiger partial charge in [0.1, 0.15) is 16.0 Å². The first-order chi connectivity index (χ1) is 6.84. The van der Waals surface area contributed by atoms with Crippen LogP contribution in [0.5, 0.6) is 0 Å². The van der Waals surface area contributed by atoms with Gasteiger partial charge in [0.05, 0.1) is 0 Å². The summed E-state index contributed by atoms with van der Waals surface area (Å²) in [5.74, 6) is 0. The van der Waals surface area contributed by atoms with Crippen LogP contribution < -0.4 is 0 Å². The van der Waals surface area contributed by atoms with E-state index in [2.05, 4.69) is 38.0 Å². The molecule has 0 amide bonds. The minimum atomic E-state index is 0.811. The molecule has 0 N–H and O–H groups in total. The summed E-state index contributed by atoms with van der Waals surface area (Å²) in [6, 6.07) is 12.0. The van der Waals surface area contributed by atoms with Gasteiger partial charge in [0.15, 0.2) is 0 Å². The van der Waals surface area contributed by atoms with Gasteiger partial charge in [-0.3, -0.25) is 0 Å². The van der Waals surface area contributed by atoms with E-state index in [0.29, 0.717) is 0 Å². The van der Waals surface area contributed by atoms with E-state index in [1.807, 2.05) is 24.3 Å². The van der Waals surface area contributed by atoms with Gasteiger partial charge in [-0.05, 0) is 28.1 Å². The van der Waals surface area contributed by atoms with Gasteiger partial charge < -0.3 is 0 Å². The highest BCUT2D eigenvalue weighted by atomic mass is 79.9. The molecule has 1 aromatic heterocycles. The fourth-order valence-corrected chi connectivity index (χ4v) is 2.25. The van der Waals surface area contributed by atoms with E-state index in [0.717, 1.165) is 9.63 Å². The summed E-state index contributed by atoms with van der Waals surface area (Å²) in [6.07, 6.45) is 1.55. The first-order valence-electron chi connectivity index (χ1n) is 4.05. The molecule has 0 radical (unpaired) electrons. The van der Waals surface area contributed by atoms with E-state index in [1.54, 1.807) is 18.1 Å². The highest BCUT2D eigenvalue weighted by molar-refractivity contribution is 9.10. The molecular weight excluding hydrogens is 260 g/mol. The molecule has 1 heterocycles. The Morgan fingerprint density at radius 1 is 1.07 bits per heavy atom. The normalized spacial score (nSPS) is 10.1. The van der Waals surface area contributed by atoms with Crippen molar-refractivity contribution in [2.24, 2.45) is 0 Å². The topological polar surface area (TPSA) is 25.8 Å². The summed E-state index contributed by atoms with van der Waals surface area (Å²) < 4.78 is 0.811. The summed E-state index contributed by atoms with van der Waals surface area (Å²) in [6.45, 7) is 0. The number of hydrogen-bond acceptors (Lipinski definition) is 3. The number of hydrogen-bond donors (Lipinski definition) is 0. The second-order valence-electron chi connectivity index (χ2n) is 2.59. The minimum Gasteiger partial charge on any atom is -0.230 e. The number of benzene rings is 1. The Morgan fingerprint density at radius 2 is 1.86 bits per heavy atom. The molecule has 0 bridgehead atoms. The SMILES string of the molecule is Brc1cc(Sc2ccccc2)ncn1. The third-order valence-electron chi connectivity index (χ3n) is 1.57. The molecule has 0 spiro atoms. The van der Waals surface area contributed by atoms with Crippen molar-refractivity contribution >= 4 is 27.7 Å². The molecule has 0 aliphatic heterocycles. The molecule has 0 atom stereocenters. The van der Waals surface area contributed by atoms with E-state index in [1.165, 1.54) is 4.90 Å².